The lowest BCUT2D eigenvalue weighted by Crippen LogP contribution is -1.99. The second-order valence-corrected chi connectivity index (χ2v) is 7.75. The molecule has 1 N–H and O–H groups in total. The van der Waals surface area contributed by atoms with E-state index in [0.29, 0.717) is 11.4 Å². The van der Waals surface area contributed by atoms with Gasteiger partial charge in [-0.05, 0) is 66.5 Å². The molecule has 2 atom stereocenters. The lowest BCUT2D eigenvalue weighted by Gasteiger charge is -2.14. The van der Waals surface area contributed by atoms with Gasteiger partial charge in [-0.15, -0.1) is 0 Å². The number of hydrogen-bond acceptors (Lipinski definition) is 4. The van der Waals surface area contributed by atoms with Crippen LogP contribution in [0.4, 0.5) is 20.2 Å². The monoisotopic (exact) mass is 411 g/mol. The molecule has 152 valence electrons. The topological polar surface area (TPSA) is 102 Å². The highest BCUT2D eigenvalue weighted by atomic mass is 19.1. The molecule has 1 aromatic heterocycles. The Morgan fingerprint density at radius 3 is 1.63 bits per heavy atom. The predicted molar refractivity (Wildman–Crippen MR) is 104 cm³/mol. The van der Waals surface area contributed by atoms with Gasteiger partial charge in [-0.3, -0.25) is 20.2 Å². The van der Waals surface area contributed by atoms with E-state index >= 15 is 0 Å². The molecule has 1 heterocycles. The summed E-state index contributed by atoms with van der Waals surface area (Å²) in [4.78, 5) is 25.0. The number of nitro benzene ring substituents is 2. The van der Waals surface area contributed by atoms with E-state index in [1.165, 1.54) is 12.1 Å². The minimum absolute atomic E-state index is 0.175. The third-order valence-corrected chi connectivity index (χ3v) is 6.18. The van der Waals surface area contributed by atoms with Crippen LogP contribution in [0, 0.1) is 31.9 Å². The van der Waals surface area contributed by atoms with Crippen molar-refractivity contribution in [2.75, 3.05) is 0 Å². The van der Waals surface area contributed by atoms with E-state index in [4.69, 9.17) is 0 Å². The van der Waals surface area contributed by atoms with Crippen LogP contribution in [0.5, 0.6) is 0 Å². The maximum absolute atomic E-state index is 13.7. The van der Waals surface area contributed by atoms with Gasteiger partial charge in [0.15, 0.2) is 0 Å². The van der Waals surface area contributed by atoms with Crippen molar-refractivity contribution in [1.82, 2.24) is 4.98 Å². The van der Waals surface area contributed by atoms with Gasteiger partial charge in [0.2, 0.25) is 0 Å². The Bertz CT molecular complexity index is 1150. The maximum atomic E-state index is 13.7. The van der Waals surface area contributed by atoms with Crippen molar-refractivity contribution in [3.05, 3.63) is 79.4 Å². The zero-order valence-electron chi connectivity index (χ0n) is 15.5. The molecule has 1 saturated carbocycles. The standard InChI is InChI=1S/C21H15F2N3O4/c22-12-3-5-14(16(8-12)25(27)28)20-18-10-1-2-11(7-10)19(18)21(24-20)15-6-4-13(23)9-17(15)26(29)30/h3-6,8-11,24H,1-2,7H2. The second-order valence-electron chi connectivity index (χ2n) is 7.75. The van der Waals surface area contributed by atoms with E-state index in [2.05, 4.69) is 4.98 Å². The highest BCUT2D eigenvalue weighted by molar-refractivity contribution is 5.85. The Kier molecular flexibility index (Phi) is 3.96. The van der Waals surface area contributed by atoms with Crippen molar-refractivity contribution in [3.8, 4) is 22.5 Å². The molecule has 30 heavy (non-hydrogen) atoms. The molecule has 0 spiro atoms. The Labute approximate surface area is 168 Å². The van der Waals surface area contributed by atoms with Gasteiger partial charge in [-0.25, -0.2) is 8.78 Å². The highest BCUT2D eigenvalue weighted by Gasteiger charge is 2.43. The Morgan fingerprint density at radius 2 is 1.23 bits per heavy atom. The van der Waals surface area contributed by atoms with Crippen LogP contribution in [0.15, 0.2) is 36.4 Å². The van der Waals surface area contributed by atoms with E-state index in [0.717, 1.165) is 54.7 Å². The Balaban J connectivity index is 1.80. The van der Waals surface area contributed by atoms with Gasteiger partial charge in [0, 0.05) is 0 Å². The molecule has 9 heteroatoms. The van der Waals surface area contributed by atoms with Gasteiger partial charge in [0.05, 0.1) is 44.5 Å². The molecule has 0 radical (unpaired) electrons. The number of halogens is 2. The summed E-state index contributed by atoms with van der Waals surface area (Å²) in [6.07, 6.45) is 2.70. The van der Waals surface area contributed by atoms with Crippen LogP contribution < -0.4 is 0 Å². The Morgan fingerprint density at radius 1 is 0.800 bits per heavy atom. The van der Waals surface area contributed by atoms with Crippen LogP contribution in [-0.2, 0) is 0 Å². The van der Waals surface area contributed by atoms with Crippen molar-refractivity contribution in [1.29, 1.82) is 0 Å². The highest BCUT2D eigenvalue weighted by Crippen LogP contribution is 2.59. The van der Waals surface area contributed by atoms with Crippen molar-refractivity contribution < 1.29 is 18.6 Å². The number of benzene rings is 2. The molecule has 7 nitrogen and oxygen atoms in total. The number of nitrogens with one attached hydrogen (secondary N) is 1. The van der Waals surface area contributed by atoms with Crippen LogP contribution in [0.1, 0.15) is 42.2 Å². The molecule has 0 aliphatic heterocycles. The summed E-state index contributed by atoms with van der Waals surface area (Å²) in [5.41, 5.74) is 2.49. The van der Waals surface area contributed by atoms with Gasteiger partial charge in [-0.1, -0.05) is 0 Å². The summed E-state index contributed by atoms with van der Waals surface area (Å²) in [5.74, 6) is -1.09. The van der Waals surface area contributed by atoms with Crippen LogP contribution in [0.3, 0.4) is 0 Å². The lowest BCUT2D eigenvalue weighted by atomic mass is 9.89. The van der Waals surface area contributed by atoms with Crippen LogP contribution in [0.2, 0.25) is 0 Å². The molecule has 1 fully saturated rings. The fourth-order valence-corrected chi connectivity index (χ4v) is 5.04. The summed E-state index contributed by atoms with van der Waals surface area (Å²) in [5, 5.41) is 23.1. The maximum Gasteiger partial charge on any atom is 0.281 e. The number of H-pyrrole nitrogens is 1. The molecule has 2 unspecified atom stereocenters. The van der Waals surface area contributed by atoms with Gasteiger partial charge < -0.3 is 4.98 Å². The van der Waals surface area contributed by atoms with Crippen molar-refractivity contribution in [2.45, 2.75) is 31.1 Å². The Hall–Kier alpha value is -3.62. The fraction of sp³-hybridized carbons (Fsp3) is 0.238. The van der Waals surface area contributed by atoms with Crippen LogP contribution in [-0.4, -0.2) is 14.8 Å². The van der Waals surface area contributed by atoms with E-state index in [9.17, 15) is 29.0 Å². The summed E-state index contributed by atoms with van der Waals surface area (Å²) < 4.78 is 27.3. The smallest absolute Gasteiger partial charge is 0.281 e. The quantitative estimate of drug-likeness (QED) is 0.432. The lowest BCUT2D eigenvalue weighted by molar-refractivity contribution is -0.384. The van der Waals surface area contributed by atoms with E-state index in [-0.39, 0.29) is 34.3 Å². The number of rotatable bonds is 4. The zero-order chi connectivity index (χ0) is 21.2. The minimum Gasteiger partial charge on any atom is -0.354 e. The summed E-state index contributed by atoms with van der Waals surface area (Å²) in [7, 11) is 0. The summed E-state index contributed by atoms with van der Waals surface area (Å²) in [6, 6.07) is 6.76. The first-order valence-corrected chi connectivity index (χ1v) is 9.49. The third-order valence-electron chi connectivity index (χ3n) is 6.18. The number of hydrogen-bond donors (Lipinski definition) is 1. The molecule has 3 aromatic rings. The molecular weight excluding hydrogens is 396 g/mol. The first-order valence-electron chi connectivity index (χ1n) is 9.49. The van der Waals surface area contributed by atoms with Gasteiger partial charge in [0.1, 0.15) is 11.6 Å². The first-order chi connectivity index (χ1) is 14.3. The second kappa shape index (κ2) is 6.45. The van der Waals surface area contributed by atoms with Gasteiger partial charge >= 0.3 is 0 Å². The SMILES string of the molecule is O=[N+]([O-])c1cc(F)ccc1-c1[nH]c(-c2ccc(F)cc2[N+](=O)[O-])c2c1C1CCC2C1. The molecule has 2 aromatic carbocycles. The van der Waals surface area contributed by atoms with Crippen molar-refractivity contribution in [3.63, 3.8) is 0 Å². The number of aromatic nitrogens is 1. The normalized spacial score (nSPS) is 19.1. The molecular formula is C21H15F2N3O4. The fourth-order valence-electron chi connectivity index (χ4n) is 5.04. The minimum atomic E-state index is -0.718. The van der Waals surface area contributed by atoms with E-state index < -0.39 is 21.5 Å². The third kappa shape index (κ3) is 2.62. The molecule has 2 bridgehead atoms. The van der Waals surface area contributed by atoms with E-state index in [1.807, 2.05) is 0 Å². The van der Waals surface area contributed by atoms with Gasteiger partial charge in [0.25, 0.3) is 11.4 Å². The molecule has 2 aliphatic carbocycles. The number of nitrogens with zero attached hydrogens (tertiary/aromatic N) is 2. The van der Waals surface area contributed by atoms with Crippen molar-refractivity contribution in [2.24, 2.45) is 0 Å². The number of fused-ring (bicyclic) bond motifs is 5. The summed E-state index contributed by atoms with van der Waals surface area (Å²) in [6.45, 7) is 0. The first kappa shape index (κ1) is 18.4. The average Bonchev–Trinajstić information content (AvgIpc) is 3.40. The largest absolute Gasteiger partial charge is 0.354 e. The number of nitro groups is 2. The zero-order valence-corrected chi connectivity index (χ0v) is 15.5. The molecule has 0 amide bonds. The van der Waals surface area contributed by atoms with Gasteiger partial charge in [-0.2, -0.15) is 0 Å². The van der Waals surface area contributed by atoms with Crippen molar-refractivity contribution >= 4 is 11.4 Å². The molecule has 0 saturated heterocycles. The average molecular weight is 411 g/mol. The molecule has 5 rings (SSSR count). The number of aromatic amines is 1. The van der Waals surface area contributed by atoms with E-state index in [1.54, 1.807) is 0 Å². The van der Waals surface area contributed by atoms with Crippen LogP contribution in [0.25, 0.3) is 22.5 Å². The van der Waals surface area contributed by atoms with Crippen LogP contribution >= 0.6 is 0 Å². The molecule has 2 aliphatic rings. The summed E-state index contributed by atoms with van der Waals surface area (Å²) >= 11 is 0. The predicted octanol–water partition coefficient (Wildman–Crippen LogP) is 5.81.